The van der Waals surface area contributed by atoms with Gasteiger partial charge in [-0.1, -0.05) is 46.9 Å². The van der Waals surface area contributed by atoms with Crippen molar-refractivity contribution < 1.29 is 23.4 Å². The number of hydrogen-bond donors (Lipinski definition) is 1. The number of hydrogen-bond acceptors (Lipinski definition) is 4. The van der Waals surface area contributed by atoms with Crippen LogP contribution in [0.25, 0.3) is 0 Å². The summed E-state index contributed by atoms with van der Waals surface area (Å²) in [5.41, 5.74) is 2.45. The van der Waals surface area contributed by atoms with Crippen molar-refractivity contribution in [2.45, 2.75) is 43.9 Å². The summed E-state index contributed by atoms with van der Waals surface area (Å²) in [7, 11) is 0. The van der Waals surface area contributed by atoms with Crippen molar-refractivity contribution >= 4 is 34.6 Å². The van der Waals surface area contributed by atoms with Gasteiger partial charge in [0.15, 0.2) is 0 Å². The second kappa shape index (κ2) is 12.6. The highest BCUT2D eigenvalue weighted by Crippen LogP contribution is 2.49. The number of aldehydes is 1. The third kappa shape index (κ3) is 6.24. The minimum absolute atomic E-state index is 0.0435. The van der Waals surface area contributed by atoms with Crippen molar-refractivity contribution in [2.24, 2.45) is 5.92 Å². The normalized spacial score (nSPS) is 20.0. The van der Waals surface area contributed by atoms with Crippen LogP contribution in [0.15, 0.2) is 72.8 Å². The van der Waals surface area contributed by atoms with Crippen LogP contribution in [0.1, 0.15) is 49.0 Å². The number of unbranched alkanes of at least 4 members (excludes halogenated alkanes) is 1. The van der Waals surface area contributed by atoms with Crippen molar-refractivity contribution in [1.82, 2.24) is 0 Å². The number of rotatable bonds is 12. The van der Waals surface area contributed by atoms with Crippen LogP contribution < -0.4 is 9.64 Å². The first-order chi connectivity index (χ1) is 17.5. The summed E-state index contributed by atoms with van der Waals surface area (Å²) in [5.74, 6) is 0.0769. The molecule has 1 fully saturated rings. The number of carbonyl (C=O) groups is 1. The number of ether oxygens (including phenoxy) is 1. The summed E-state index contributed by atoms with van der Waals surface area (Å²) in [6.07, 6.45) is 3.33. The van der Waals surface area contributed by atoms with E-state index in [0.717, 1.165) is 40.6 Å². The lowest BCUT2D eigenvalue weighted by Gasteiger charge is -2.55. The Kier molecular flexibility index (Phi) is 9.31. The van der Waals surface area contributed by atoms with Crippen LogP contribution in [-0.4, -0.2) is 28.5 Å². The van der Waals surface area contributed by atoms with Crippen LogP contribution in [-0.2, 0) is 4.79 Å². The SMILES string of the molecule is O=CC1C(CCC(O)c2ccc(F)cc2)C(c2ccc(OCCCCI)cc2)N1c1ccc(F)cc1. The molecule has 1 saturated heterocycles. The second-order valence-electron chi connectivity index (χ2n) is 9.08. The number of nitrogens with zero attached hydrogens (tertiary/aromatic N) is 1. The van der Waals surface area contributed by atoms with Crippen molar-refractivity contribution in [3.05, 3.63) is 95.6 Å². The number of anilines is 1. The number of alkyl halides is 1. The fourth-order valence-corrected chi connectivity index (χ4v) is 5.42. The molecular formula is C29H30F2INO3. The average molecular weight is 605 g/mol. The van der Waals surface area contributed by atoms with Gasteiger partial charge in [0, 0.05) is 11.6 Å². The van der Waals surface area contributed by atoms with Gasteiger partial charge in [-0.15, -0.1) is 0 Å². The van der Waals surface area contributed by atoms with Gasteiger partial charge < -0.3 is 19.5 Å². The van der Waals surface area contributed by atoms with E-state index in [0.29, 0.717) is 25.0 Å². The minimum Gasteiger partial charge on any atom is -0.494 e. The van der Waals surface area contributed by atoms with Crippen molar-refractivity contribution in [2.75, 3.05) is 15.9 Å². The molecule has 190 valence electrons. The topological polar surface area (TPSA) is 49.8 Å². The van der Waals surface area contributed by atoms with Crippen molar-refractivity contribution in [3.8, 4) is 5.75 Å². The molecule has 0 aromatic heterocycles. The minimum atomic E-state index is -0.753. The molecule has 0 saturated carbocycles. The quantitative estimate of drug-likeness (QED) is 0.107. The van der Waals surface area contributed by atoms with Crippen molar-refractivity contribution in [3.63, 3.8) is 0 Å². The smallest absolute Gasteiger partial charge is 0.142 e. The molecule has 4 nitrogen and oxygen atoms in total. The Bertz CT molecular complexity index is 1110. The first-order valence-electron chi connectivity index (χ1n) is 12.2. The lowest BCUT2D eigenvalue weighted by molar-refractivity contribution is -0.112. The number of carbonyl (C=O) groups excluding carboxylic acids is 1. The molecule has 1 aliphatic rings. The van der Waals surface area contributed by atoms with E-state index < -0.39 is 12.1 Å². The van der Waals surface area contributed by atoms with Crippen LogP contribution in [0.3, 0.4) is 0 Å². The molecule has 36 heavy (non-hydrogen) atoms. The maximum absolute atomic E-state index is 13.6. The molecule has 7 heteroatoms. The predicted octanol–water partition coefficient (Wildman–Crippen LogP) is 6.82. The molecule has 3 aromatic carbocycles. The number of benzene rings is 3. The van der Waals surface area contributed by atoms with Gasteiger partial charge in [-0.25, -0.2) is 8.78 Å². The zero-order valence-electron chi connectivity index (χ0n) is 19.9. The molecule has 0 aliphatic carbocycles. The molecule has 4 rings (SSSR count). The number of aliphatic hydroxyl groups excluding tert-OH is 1. The van der Waals surface area contributed by atoms with Crippen LogP contribution in [0.2, 0.25) is 0 Å². The second-order valence-corrected chi connectivity index (χ2v) is 10.2. The average Bonchev–Trinajstić information content (AvgIpc) is 2.88. The van der Waals surface area contributed by atoms with Gasteiger partial charge in [-0.2, -0.15) is 0 Å². The lowest BCUT2D eigenvalue weighted by Crippen LogP contribution is -2.59. The van der Waals surface area contributed by atoms with Gasteiger partial charge in [0.05, 0.1) is 24.8 Å². The van der Waals surface area contributed by atoms with Gasteiger partial charge in [-0.05, 0) is 89.8 Å². The Morgan fingerprint density at radius 3 is 2.19 bits per heavy atom. The molecule has 0 spiro atoms. The Balaban J connectivity index is 1.53. The molecule has 0 amide bonds. The van der Waals surface area contributed by atoms with E-state index in [9.17, 15) is 18.7 Å². The summed E-state index contributed by atoms with van der Waals surface area (Å²) in [5, 5.41) is 10.7. The zero-order chi connectivity index (χ0) is 25.5. The summed E-state index contributed by atoms with van der Waals surface area (Å²) in [6.45, 7) is 0.671. The Hall–Kier alpha value is -2.52. The van der Waals surface area contributed by atoms with E-state index in [1.54, 1.807) is 24.3 Å². The van der Waals surface area contributed by atoms with Crippen LogP contribution >= 0.6 is 22.6 Å². The molecule has 1 heterocycles. The summed E-state index contributed by atoms with van der Waals surface area (Å²) >= 11 is 2.36. The maximum atomic E-state index is 13.6. The van der Waals surface area contributed by atoms with Crippen LogP contribution in [0.4, 0.5) is 14.5 Å². The van der Waals surface area contributed by atoms with E-state index in [4.69, 9.17) is 4.74 Å². The summed E-state index contributed by atoms with van der Waals surface area (Å²) < 4.78 is 33.8. The Morgan fingerprint density at radius 1 is 0.944 bits per heavy atom. The standard InChI is InChI=1S/C29H30F2INO3/c30-22-7-3-20(4-8-22)28(35)16-15-26-27(19-34)33(24-11-9-23(31)10-12-24)29(26)21-5-13-25(14-6-21)36-18-2-1-17-32/h3-14,19,26-29,35H,1-2,15-18H2. The van der Waals surface area contributed by atoms with Gasteiger partial charge in [0.25, 0.3) is 0 Å². The highest BCUT2D eigenvalue weighted by Gasteiger charge is 2.48. The summed E-state index contributed by atoms with van der Waals surface area (Å²) in [4.78, 5) is 14.2. The largest absolute Gasteiger partial charge is 0.494 e. The molecule has 1 N–H and O–H groups in total. The fourth-order valence-electron chi connectivity index (χ4n) is 4.88. The monoisotopic (exact) mass is 605 g/mol. The molecule has 0 bridgehead atoms. The Labute approximate surface area is 224 Å². The molecule has 1 aliphatic heterocycles. The highest BCUT2D eigenvalue weighted by atomic mass is 127. The maximum Gasteiger partial charge on any atom is 0.142 e. The Morgan fingerprint density at radius 2 is 1.58 bits per heavy atom. The van der Waals surface area contributed by atoms with Crippen LogP contribution in [0, 0.1) is 17.6 Å². The lowest BCUT2D eigenvalue weighted by atomic mass is 9.73. The first-order valence-corrected chi connectivity index (χ1v) is 13.8. The third-order valence-corrected chi connectivity index (χ3v) is 7.54. The molecule has 4 atom stereocenters. The number of aliphatic hydroxyl groups is 1. The van der Waals surface area contributed by atoms with Crippen molar-refractivity contribution in [1.29, 1.82) is 0 Å². The van der Waals surface area contributed by atoms with E-state index in [-0.39, 0.29) is 23.6 Å². The molecule has 4 unspecified atom stereocenters. The van der Waals surface area contributed by atoms with Gasteiger partial charge in [-0.3, -0.25) is 0 Å². The van der Waals surface area contributed by atoms with Gasteiger partial charge in [0.2, 0.25) is 0 Å². The van der Waals surface area contributed by atoms with Gasteiger partial charge in [0.1, 0.15) is 23.7 Å². The number of halogens is 3. The molecular weight excluding hydrogens is 575 g/mol. The first kappa shape index (κ1) is 26.5. The fraction of sp³-hybridized carbons (Fsp3) is 0.345. The molecule has 0 radical (unpaired) electrons. The third-order valence-electron chi connectivity index (χ3n) is 6.78. The predicted molar refractivity (Wildman–Crippen MR) is 146 cm³/mol. The van der Waals surface area contributed by atoms with E-state index in [2.05, 4.69) is 22.6 Å². The van der Waals surface area contributed by atoms with E-state index in [1.807, 2.05) is 29.2 Å². The van der Waals surface area contributed by atoms with Crippen LogP contribution in [0.5, 0.6) is 5.75 Å². The summed E-state index contributed by atoms with van der Waals surface area (Å²) in [6, 6.07) is 19.4. The van der Waals surface area contributed by atoms with E-state index >= 15 is 0 Å². The van der Waals surface area contributed by atoms with Gasteiger partial charge >= 0.3 is 0 Å². The molecule has 3 aromatic rings. The zero-order valence-corrected chi connectivity index (χ0v) is 22.1. The highest BCUT2D eigenvalue weighted by molar-refractivity contribution is 14.1. The van der Waals surface area contributed by atoms with E-state index in [1.165, 1.54) is 24.3 Å².